The molecule has 1 aliphatic heterocycles. The van der Waals surface area contributed by atoms with E-state index in [0.717, 1.165) is 13.1 Å². The molecule has 0 radical (unpaired) electrons. The van der Waals surface area contributed by atoms with Gasteiger partial charge in [0.2, 0.25) is 0 Å². The largest absolute Gasteiger partial charge is 0.313 e. The SMILES string of the molecule is Cc1[nH]ncc1CNCC1CCCCN1. The van der Waals surface area contributed by atoms with E-state index in [-0.39, 0.29) is 0 Å². The molecule has 1 fully saturated rings. The van der Waals surface area contributed by atoms with Crippen LogP contribution in [0.1, 0.15) is 30.5 Å². The van der Waals surface area contributed by atoms with E-state index in [0.29, 0.717) is 6.04 Å². The van der Waals surface area contributed by atoms with Crippen molar-refractivity contribution in [3.8, 4) is 0 Å². The Morgan fingerprint density at radius 3 is 3.13 bits per heavy atom. The van der Waals surface area contributed by atoms with E-state index < -0.39 is 0 Å². The summed E-state index contributed by atoms with van der Waals surface area (Å²) in [5.41, 5.74) is 2.44. The minimum Gasteiger partial charge on any atom is -0.313 e. The molecule has 0 spiro atoms. The molecule has 1 atom stereocenters. The van der Waals surface area contributed by atoms with E-state index in [1.165, 1.54) is 37.1 Å². The van der Waals surface area contributed by atoms with Gasteiger partial charge in [0.05, 0.1) is 6.20 Å². The van der Waals surface area contributed by atoms with Crippen molar-refractivity contribution in [2.24, 2.45) is 0 Å². The minimum atomic E-state index is 0.658. The van der Waals surface area contributed by atoms with Gasteiger partial charge in [-0.25, -0.2) is 0 Å². The number of aromatic nitrogens is 2. The number of nitrogens with one attached hydrogen (secondary N) is 3. The molecule has 0 aliphatic carbocycles. The van der Waals surface area contributed by atoms with Gasteiger partial charge in [0.25, 0.3) is 0 Å². The smallest absolute Gasteiger partial charge is 0.0535 e. The van der Waals surface area contributed by atoms with Crippen molar-refractivity contribution in [1.82, 2.24) is 20.8 Å². The Bertz CT molecular complexity index is 289. The molecule has 0 bridgehead atoms. The fraction of sp³-hybridized carbons (Fsp3) is 0.727. The summed E-state index contributed by atoms with van der Waals surface area (Å²) in [6, 6.07) is 0.658. The van der Waals surface area contributed by atoms with Gasteiger partial charge >= 0.3 is 0 Å². The van der Waals surface area contributed by atoms with Crippen LogP contribution in [0.2, 0.25) is 0 Å². The van der Waals surface area contributed by atoms with Crippen molar-refractivity contribution in [2.75, 3.05) is 13.1 Å². The van der Waals surface area contributed by atoms with Crippen LogP contribution in [0.5, 0.6) is 0 Å². The summed E-state index contributed by atoms with van der Waals surface area (Å²) >= 11 is 0. The summed E-state index contributed by atoms with van der Waals surface area (Å²) in [6.45, 7) is 5.21. The van der Waals surface area contributed by atoms with Gasteiger partial charge in [-0.15, -0.1) is 0 Å². The second-order valence-corrected chi connectivity index (χ2v) is 4.30. The van der Waals surface area contributed by atoms with Crippen LogP contribution in [0, 0.1) is 6.92 Å². The maximum atomic E-state index is 4.01. The highest BCUT2D eigenvalue weighted by molar-refractivity contribution is 5.13. The minimum absolute atomic E-state index is 0.658. The lowest BCUT2D eigenvalue weighted by molar-refractivity contribution is 0.383. The average Bonchev–Trinajstić information content (AvgIpc) is 2.66. The Morgan fingerprint density at radius 2 is 2.47 bits per heavy atom. The molecule has 2 heterocycles. The molecule has 15 heavy (non-hydrogen) atoms. The van der Waals surface area contributed by atoms with Gasteiger partial charge in [-0.1, -0.05) is 6.42 Å². The Kier molecular flexibility index (Phi) is 3.75. The highest BCUT2D eigenvalue weighted by Crippen LogP contribution is 2.06. The van der Waals surface area contributed by atoms with E-state index in [1.54, 1.807) is 0 Å². The summed E-state index contributed by atoms with van der Waals surface area (Å²) in [4.78, 5) is 0. The standard InChI is InChI=1S/C11H20N4/c1-9-10(7-14-15-9)6-12-8-11-4-2-3-5-13-11/h7,11-13H,2-6,8H2,1H3,(H,14,15). The lowest BCUT2D eigenvalue weighted by atomic mass is 10.1. The Hall–Kier alpha value is -0.870. The maximum absolute atomic E-state index is 4.01. The fourth-order valence-corrected chi connectivity index (χ4v) is 2.03. The monoisotopic (exact) mass is 208 g/mol. The Morgan fingerprint density at radius 1 is 1.53 bits per heavy atom. The first kappa shape index (κ1) is 10.6. The van der Waals surface area contributed by atoms with E-state index in [9.17, 15) is 0 Å². The number of aryl methyl sites for hydroxylation is 1. The molecular formula is C11H20N4. The maximum Gasteiger partial charge on any atom is 0.0535 e. The lowest BCUT2D eigenvalue weighted by Crippen LogP contribution is -2.41. The molecule has 1 saturated heterocycles. The van der Waals surface area contributed by atoms with Crippen LogP contribution in [0.15, 0.2) is 6.20 Å². The van der Waals surface area contributed by atoms with Crippen LogP contribution in [0.4, 0.5) is 0 Å². The van der Waals surface area contributed by atoms with Gasteiger partial charge in [0.1, 0.15) is 0 Å². The molecule has 1 aromatic rings. The normalized spacial score (nSPS) is 21.8. The van der Waals surface area contributed by atoms with Crippen LogP contribution < -0.4 is 10.6 Å². The van der Waals surface area contributed by atoms with Gasteiger partial charge in [-0.05, 0) is 26.3 Å². The third-order valence-electron chi connectivity index (χ3n) is 3.05. The molecule has 4 heteroatoms. The fourth-order valence-electron chi connectivity index (χ4n) is 2.03. The van der Waals surface area contributed by atoms with E-state index in [4.69, 9.17) is 0 Å². The van der Waals surface area contributed by atoms with E-state index >= 15 is 0 Å². The van der Waals surface area contributed by atoms with Crippen LogP contribution in [-0.2, 0) is 6.54 Å². The molecule has 1 aromatic heterocycles. The van der Waals surface area contributed by atoms with Crippen LogP contribution >= 0.6 is 0 Å². The zero-order valence-electron chi connectivity index (χ0n) is 9.34. The molecule has 0 amide bonds. The van der Waals surface area contributed by atoms with Crippen molar-refractivity contribution in [2.45, 2.75) is 38.8 Å². The number of hydrogen-bond acceptors (Lipinski definition) is 3. The summed E-state index contributed by atoms with van der Waals surface area (Å²) < 4.78 is 0. The van der Waals surface area contributed by atoms with Crippen molar-refractivity contribution < 1.29 is 0 Å². The number of aromatic amines is 1. The number of nitrogens with zero attached hydrogens (tertiary/aromatic N) is 1. The van der Waals surface area contributed by atoms with Gasteiger partial charge < -0.3 is 10.6 Å². The van der Waals surface area contributed by atoms with Crippen LogP contribution in [-0.4, -0.2) is 29.3 Å². The second kappa shape index (κ2) is 5.28. The molecule has 84 valence electrons. The summed E-state index contributed by atoms with van der Waals surface area (Å²) in [5.74, 6) is 0. The summed E-state index contributed by atoms with van der Waals surface area (Å²) in [5, 5.41) is 14.0. The number of H-pyrrole nitrogens is 1. The first-order chi connectivity index (χ1) is 7.36. The predicted molar refractivity (Wildman–Crippen MR) is 60.7 cm³/mol. The third-order valence-corrected chi connectivity index (χ3v) is 3.05. The molecule has 1 unspecified atom stereocenters. The Labute approximate surface area is 90.8 Å². The molecule has 1 aliphatic rings. The molecule has 2 rings (SSSR count). The number of piperidine rings is 1. The van der Waals surface area contributed by atoms with Gasteiger partial charge in [0.15, 0.2) is 0 Å². The summed E-state index contributed by atoms with van der Waals surface area (Å²) in [7, 11) is 0. The third kappa shape index (κ3) is 3.04. The van der Waals surface area contributed by atoms with Crippen molar-refractivity contribution in [3.05, 3.63) is 17.5 Å². The second-order valence-electron chi connectivity index (χ2n) is 4.30. The van der Waals surface area contributed by atoms with Crippen LogP contribution in [0.25, 0.3) is 0 Å². The quantitative estimate of drug-likeness (QED) is 0.690. The summed E-state index contributed by atoms with van der Waals surface area (Å²) in [6.07, 6.45) is 5.90. The zero-order valence-corrected chi connectivity index (χ0v) is 9.34. The topological polar surface area (TPSA) is 52.7 Å². The van der Waals surface area contributed by atoms with Crippen molar-refractivity contribution in [3.63, 3.8) is 0 Å². The van der Waals surface area contributed by atoms with Gasteiger partial charge in [-0.2, -0.15) is 5.10 Å². The van der Waals surface area contributed by atoms with E-state index in [1.807, 2.05) is 6.20 Å². The average molecular weight is 208 g/mol. The highest BCUT2D eigenvalue weighted by atomic mass is 15.1. The first-order valence-electron chi connectivity index (χ1n) is 5.79. The number of hydrogen-bond donors (Lipinski definition) is 3. The van der Waals surface area contributed by atoms with Gasteiger partial charge in [0, 0.05) is 30.4 Å². The lowest BCUT2D eigenvalue weighted by Gasteiger charge is -2.23. The van der Waals surface area contributed by atoms with Crippen molar-refractivity contribution in [1.29, 1.82) is 0 Å². The van der Waals surface area contributed by atoms with Crippen molar-refractivity contribution >= 4 is 0 Å². The van der Waals surface area contributed by atoms with E-state index in [2.05, 4.69) is 27.8 Å². The zero-order chi connectivity index (χ0) is 10.5. The molecule has 3 N–H and O–H groups in total. The molecule has 0 saturated carbocycles. The first-order valence-corrected chi connectivity index (χ1v) is 5.79. The predicted octanol–water partition coefficient (Wildman–Crippen LogP) is 0.950. The number of rotatable bonds is 4. The highest BCUT2D eigenvalue weighted by Gasteiger charge is 2.11. The molecule has 4 nitrogen and oxygen atoms in total. The Balaban J connectivity index is 1.68. The van der Waals surface area contributed by atoms with Gasteiger partial charge in [-0.3, -0.25) is 5.10 Å². The molecule has 0 aromatic carbocycles. The van der Waals surface area contributed by atoms with Crippen LogP contribution in [0.3, 0.4) is 0 Å². The molecular weight excluding hydrogens is 188 g/mol.